The first kappa shape index (κ1) is 21.0. The van der Waals surface area contributed by atoms with Crippen molar-refractivity contribution in [1.29, 1.82) is 0 Å². The van der Waals surface area contributed by atoms with Crippen molar-refractivity contribution in [2.75, 3.05) is 30.8 Å². The fourth-order valence-corrected chi connectivity index (χ4v) is 3.43. The van der Waals surface area contributed by atoms with Crippen LogP contribution in [0.5, 0.6) is 5.75 Å². The number of likely N-dealkylation sites (N-methyl/N-ethyl adjacent to an activating group) is 1. The average Bonchev–Trinajstić information content (AvgIpc) is 3.56. The average molecular weight is 420 g/mol. The normalized spacial score (nSPS) is 17.7. The van der Waals surface area contributed by atoms with Crippen LogP contribution >= 0.6 is 0 Å². The van der Waals surface area contributed by atoms with Gasteiger partial charge in [0, 0.05) is 37.4 Å². The quantitative estimate of drug-likeness (QED) is 0.629. The maximum Gasteiger partial charge on any atom is 0.168 e. The van der Waals surface area contributed by atoms with Gasteiger partial charge in [-0.25, -0.2) is 19.9 Å². The van der Waals surface area contributed by atoms with E-state index in [1.807, 2.05) is 49.6 Å². The molecule has 1 saturated carbocycles. The molecule has 8 nitrogen and oxygen atoms in total. The second-order valence-electron chi connectivity index (χ2n) is 7.77. The summed E-state index contributed by atoms with van der Waals surface area (Å²) in [5, 5.41) is 3.33. The van der Waals surface area contributed by atoms with Crippen LogP contribution in [-0.4, -0.2) is 46.1 Å². The molecule has 0 amide bonds. The summed E-state index contributed by atoms with van der Waals surface area (Å²) in [6.07, 6.45) is 7.26. The number of rotatable bonds is 6. The van der Waals surface area contributed by atoms with Crippen molar-refractivity contribution >= 4 is 11.6 Å². The molecule has 3 aromatic rings. The van der Waals surface area contributed by atoms with E-state index in [0.29, 0.717) is 30.2 Å². The number of anilines is 2. The van der Waals surface area contributed by atoms with Gasteiger partial charge in [-0.15, -0.1) is 0 Å². The van der Waals surface area contributed by atoms with Gasteiger partial charge in [-0.3, -0.25) is 0 Å². The van der Waals surface area contributed by atoms with Crippen LogP contribution in [-0.2, 0) is 6.61 Å². The molecule has 1 aliphatic carbocycles. The van der Waals surface area contributed by atoms with Gasteiger partial charge in [0.15, 0.2) is 5.82 Å². The van der Waals surface area contributed by atoms with Crippen molar-refractivity contribution in [3.05, 3.63) is 66.5 Å². The molecule has 0 bridgehead atoms. The molecule has 1 atom stereocenters. The SMILES string of the molecule is CN[C@@H]1CCN(c2ccnc(C3CC3)n2)C1.Nc1ccnc(COc2ccccc2)n1. The molecular formula is C23H29N7O. The molecule has 1 aromatic carbocycles. The summed E-state index contributed by atoms with van der Waals surface area (Å²) < 4.78 is 5.47. The topological polar surface area (TPSA) is 102 Å². The lowest BCUT2D eigenvalue weighted by molar-refractivity contribution is 0.296. The first-order chi connectivity index (χ1) is 15.2. The fourth-order valence-electron chi connectivity index (χ4n) is 3.43. The van der Waals surface area contributed by atoms with Crippen molar-refractivity contribution in [1.82, 2.24) is 25.3 Å². The minimum Gasteiger partial charge on any atom is -0.486 e. The van der Waals surface area contributed by atoms with E-state index in [2.05, 4.69) is 30.2 Å². The zero-order chi connectivity index (χ0) is 21.5. The third kappa shape index (κ3) is 6.11. The van der Waals surface area contributed by atoms with Crippen LogP contribution < -0.4 is 20.7 Å². The molecule has 0 spiro atoms. The van der Waals surface area contributed by atoms with E-state index in [9.17, 15) is 0 Å². The predicted molar refractivity (Wildman–Crippen MR) is 121 cm³/mol. The van der Waals surface area contributed by atoms with Gasteiger partial charge in [-0.05, 0) is 50.6 Å². The number of hydrogen-bond acceptors (Lipinski definition) is 8. The number of hydrogen-bond donors (Lipinski definition) is 2. The van der Waals surface area contributed by atoms with Crippen molar-refractivity contribution in [2.45, 2.75) is 37.8 Å². The summed E-state index contributed by atoms with van der Waals surface area (Å²) in [4.78, 5) is 19.5. The first-order valence-electron chi connectivity index (χ1n) is 10.7. The molecular weight excluding hydrogens is 390 g/mol. The van der Waals surface area contributed by atoms with Gasteiger partial charge in [0.25, 0.3) is 0 Å². The van der Waals surface area contributed by atoms with Gasteiger partial charge < -0.3 is 20.7 Å². The second kappa shape index (κ2) is 10.2. The van der Waals surface area contributed by atoms with E-state index in [1.165, 1.54) is 19.3 Å². The maximum absolute atomic E-state index is 5.52. The Labute approximate surface area is 182 Å². The van der Waals surface area contributed by atoms with Gasteiger partial charge in [-0.2, -0.15) is 0 Å². The Morgan fingerprint density at radius 2 is 1.84 bits per heavy atom. The van der Waals surface area contributed by atoms with E-state index in [0.717, 1.165) is 30.5 Å². The number of aromatic nitrogens is 4. The highest BCUT2D eigenvalue weighted by atomic mass is 16.5. The Morgan fingerprint density at radius 3 is 2.55 bits per heavy atom. The molecule has 5 rings (SSSR count). The molecule has 3 heterocycles. The highest BCUT2D eigenvalue weighted by Crippen LogP contribution is 2.38. The lowest BCUT2D eigenvalue weighted by atomic mass is 10.3. The smallest absolute Gasteiger partial charge is 0.168 e. The van der Waals surface area contributed by atoms with Crippen LogP contribution in [0.15, 0.2) is 54.9 Å². The van der Waals surface area contributed by atoms with Crippen LogP contribution in [0.25, 0.3) is 0 Å². The molecule has 0 unspecified atom stereocenters. The van der Waals surface area contributed by atoms with Gasteiger partial charge >= 0.3 is 0 Å². The lowest BCUT2D eigenvalue weighted by Gasteiger charge is -2.17. The van der Waals surface area contributed by atoms with Gasteiger partial charge in [0.2, 0.25) is 0 Å². The number of benzene rings is 1. The monoisotopic (exact) mass is 419 g/mol. The minimum absolute atomic E-state index is 0.328. The summed E-state index contributed by atoms with van der Waals surface area (Å²) in [6, 6.07) is 13.8. The van der Waals surface area contributed by atoms with Crippen LogP contribution in [0.3, 0.4) is 0 Å². The number of nitrogens with zero attached hydrogens (tertiary/aromatic N) is 5. The summed E-state index contributed by atoms with van der Waals surface area (Å²) in [6.45, 7) is 2.50. The van der Waals surface area contributed by atoms with Crippen LogP contribution in [0.1, 0.15) is 36.8 Å². The summed E-state index contributed by atoms with van der Waals surface area (Å²) in [5.74, 6) is 4.63. The van der Waals surface area contributed by atoms with Gasteiger partial charge in [0.1, 0.15) is 29.8 Å². The number of ether oxygens (including phenoxy) is 1. The van der Waals surface area contributed by atoms with E-state index in [1.54, 1.807) is 12.3 Å². The number of para-hydroxylation sites is 1. The van der Waals surface area contributed by atoms with Crippen molar-refractivity contribution < 1.29 is 4.74 Å². The standard InChI is InChI=1S/C12H18N4.C11H11N3O/c1-13-10-5-7-16(8-10)11-4-6-14-12(15-11)9-2-3-9;12-10-6-7-13-11(14-10)8-15-9-4-2-1-3-5-9/h4,6,9-10,13H,2-3,5,7-8H2,1H3;1-7H,8H2,(H2,12,13,14)/t10-;/m1./s1. The number of nitrogens with two attached hydrogens (primary N) is 1. The zero-order valence-corrected chi connectivity index (χ0v) is 17.8. The Kier molecular flexibility index (Phi) is 6.89. The predicted octanol–water partition coefficient (Wildman–Crippen LogP) is 2.79. The van der Waals surface area contributed by atoms with Crippen LogP contribution in [0, 0.1) is 0 Å². The molecule has 2 fully saturated rings. The van der Waals surface area contributed by atoms with Crippen LogP contribution in [0.2, 0.25) is 0 Å². The molecule has 0 radical (unpaired) electrons. The highest BCUT2D eigenvalue weighted by molar-refractivity contribution is 5.40. The Hall–Kier alpha value is -3.26. The van der Waals surface area contributed by atoms with E-state index in [-0.39, 0.29) is 0 Å². The molecule has 3 N–H and O–H groups in total. The molecule has 162 valence electrons. The van der Waals surface area contributed by atoms with Crippen LogP contribution in [0.4, 0.5) is 11.6 Å². The fraction of sp³-hybridized carbons (Fsp3) is 0.391. The van der Waals surface area contributed by atoms with E-state index >= 15 is 0 Å². The van der Waals surface area contributed by atoms with E-state index < -0.39 is 0 Å². The lowest BCUT2D eigenvalue weighted by Crippen LogP contribution is -2.30. The molecule has 8 heteroatoms. The third-order valence-electron chi connectivity index (χ3n) is 5.36. The highest BCUT2D eigenvalue weighted by Gasteiger charge is 2.28. The Balaban J connectivity index is 0.000000150. The third-order valence-corrected chi connectivity index (χ3v) is 5.36. The van der Waals surface area contributed by atoms with Gasteiger partial charge in [0.05, 0.1) is 0 Å². The maximum atomic E-state index is 5.52. The van der Waals surface area contributed by atoms with Crippen molar-refractivity contribution in [3.63, 3.8) is 0 Å². The zero-order valence-electron chi connectivity index (χ0n) is 17.8. The largest absolute Gasteiger partial charge is 0.486 e. The minimum atomic E-state index is 0.328. The number of nitrogens with one attached hydrogen (secondary N) is 1. The van der Waals surface area contributed by atoms with Crippen molar-refractivity contribution in [2.24, 2.45) is 0 Å². The molecule has 1 aliphatic heterocycles. The molecule has 2 aliphatic rings. The number of nitrogen functional groups attached to an aromatic ring is 1. The molecule has 31 heavy (non-hydrogen) atoms. The summed E-state index contributed by atoms with van der Waals surface area (Å²) >= 11 is 0. The summed E-state index contributed by atoms with van der Waals surface area (Å²) in [7, 11) is 2.03. The first-order valence-corrected chi connectivity index (χ1v) is 10.7. The van der Waals surface area contributed by atoms with Crippen molar-refractivity contribution in [3.8, 4) is 5.75 Å². The van der Waals surface area contributed by atoms with Gasteiger partial charge in [-0.1, -0.05) is 18.2 Å². The summed E-state index contributed by atoms with van der Waals surface area (Å²) in [5.41, 5.74) is 5.52. The van der Waals surface area contributed by atoms with E-state index in [4.69, 9.17) is 10.5 Å². The molecule has 2 aromatic heterocycles. The molecule has 1 saturated heterocycles. The Bertz CT molecular complexity index is 965. The Morgan fingerprint density at radius 1 is 1.03 bits per heavy atom. The second-order valence-corrected chi connectivity index (χ2v) is 7.77.